The second kappa shape index (κ2) is 9.24. The Morgan fingerprint density at radius 2 is 1.85 bits per heavy atom. The second-order valence-corrected chi connectivity index (χ2v) is 8.08. The minimum atomic E-state index is -3.25. The summed E-state index contributed by atoms with van der Waals surface area (Å²) in [7, 11) is -3.25. The second-order valence-electron chi connectivity index (χ2n) is 6.06. The summed E-state index contributed by atoms with van der Waals surface area (Å²) in [6.07, 6.45) is 2.90. The smallest absolute Gasteiger partial charge is 0.407 e. The van der Waals surface area contributed by atoms with Crippen LogP contribution in [-0.4, -0.2) is 27.4 Å². The molecule has 7 heteroatoms. The van der Waals surface area contributed by atoms with Crippen molar-refractivity contribution in [2.75, 3.05) is 18.6 Å². The molecule has 0 bridgehead atoms. The molecule has 2 aromatic rings. The highest BCUT2D eigenvalue weighted by Gasteiger charge is 2.09. The van der Waals surface area contributed by atoms with Gasteiger partial charge in [0, 0.05) is 18.5 Å². The van der Waals surface area contributed by atoms with Gasteiger partial charge in [0.1, 0.15) is 0 Å². The van der Waals surface area contributed by atoms with Gasteiger partial charge in [-0.25, -0.2) is 13.2 Å². The van der Waals surface area contributed by atoms with Gasteiger partial charge in [0.15, 0.2) is 9.84 Å². The van der Waals surface area contributed by atoms with Gasteiger partial charge < -0.3 is 15.8 Å². The molecule has 26 heavy (non-hydrogen) atoms. The van der Waals surface area contributed by atoms with Crippen LogP contribution in [0.15, 0.2) is 53.4 Å². The van der Waals surface area contributed by atoms with E-state index in [-0.39, 0.29) is 4.90 Å². The fourth-order valence-corrected chi connectivity index (χ4v) is 3.09. The van der Waals surface area contributed by atoms with Crippen LogP contribution >= 0.6 is 0 Å². The predicted molar refractivity (Wildman–Crippen MR) is 102 cm³/mol. The van der Waals surface area contributed by atoms with Gasteiger partial charge in [-0.05, 0) is 42.5 Å². The van der Waals surface area contributed by atoms with Crippen LogP contribution in [-0.2, 0) is 27.5 Å². The molecule has 2 rings (SSSR count). The molecule has 0 saturated carbocycles. The van der Waals surface area contributed by atoms with Gasteiger partial charge in [0.05, 0.1) is 11.5 Å². The average molecular weight is 376 g/mol. The first-order valence-corrected chi connectivity index (χ1v) is 10.3. The standard InChI is InChI=1S/C19H24N2O4S/c1-26(23,24)17-11-10-16(18(20)13-17)9-5-6-12-25-19(22)21-14-15-7-3-2-4-8-15/h2-4,7-8,10-11,13H,5-6,9,12,14,20H2,1H3,(H,21,22). The summed E-state index contributed by atoms with van der Waals surface area (Å²) in [5, 5.41) is 2.70. The molecule has 0 spiro atoms. The maximum absolute atomic E-state index is 11.6. The summed E-state index contributed by atoms with van der Waals surface area (Å²) >= 11 is 0. The van der Waals surface area contributed by atoms with Crippen LogP contribution in [0.3, 0.4) is 0 Å². The SMILES string of the molecule is CS(=O)(=O)c1ccc(CCCCOC(=O)NCc2ccccc2)c(N)c1. The maximum atomic E-state index is 11.6. The fraction of sp³-hybridized carbons (Fsp3) is 0.316. The lowest BCUT2D eigenvalue weighted by atomic mass is 10.1. The molecule has 3 N–H and O–H groups in total. The molecule has 2 aromatic carbocycles. The van der Waals surface area contributed by atoms with E-state index < -0.39 is 15.9 Å². The first-order chi connectivity index (χ1) is 12.4. The molecule has 0 aromatic heterocycles. The van der Waals surface area contributed by atoms with E-state index >= 15 is 0 Å². The van der Waals surface area contributed by atoms with Crippen molar-refractivity contribution in [2.45, 2.75) is 30.7 Å². The number of aryl methyl sites for hydroxylation is 1. The Morgan fingerprint density at radius 1 is 1.12 bits per heavy atom. The molecule has 0 radical (unpaired) electrons. The first kappa shape index (κ1) is 19.8. The van der Waals surface area contributed by atoms with E-state index in [1.165, 1.54) is 6.07 Å². The van der Waals surface area contributed by atoms with E-state index in [1.54, 1.807) is 12.1 Å². The van der Waals surface area contributed by atoms with Crippen LogP contribution in [0, 0.1) is 0 Å². The van der Waals surface area contributed by atoms with Crippen molar-refractivity contribution < 1.29 is 17.9 Å². The molecule has 0 aliphatic rings. The number of hydrogen-bond acceptors (Lipinski definition) is 5. The lowest BCUT2D eigenvalue weighted by molar-refractivity contribution is 0.143. The van der Waals surface area contributed by atoms with E-state index in [0.717, 1.165) is 23.8 Å². The maximum Gasteiger partial charge on any atom is 0.407 e. The van der Waals surface area contributed by atoms with Gasteiger partial charge in [-0.3, -0.25) is 0 Å². The van der Waals surface area contributed by atoms with E-state index in [9.17, 15) is 13.2 Å². The summed E-state index contributed by atoms with van der Waals surface area (Å²) < 4.78 is 28.1. The molecule has 0 aliphatic carbocycles. The number of carbonyl (C=O) groups excluding carboxylic acids is 1. The summed E-state index contributed by atoms with van der Waals surface area (Å²) in [4.78, 5) is 11.8. The molecule has 0 fully saturated rings. The highest BCUT2D eigenvalue weighted by molar-refractivity contribution is 7.90. The van der Waals surface area contributed by atoms with Gasteiger partial charge in [-0.1, -0.05) is 36.4 Å². The third-order valence-electron chi connectivity index (χ3n) is 3.90. The minimum absolute atomic E-state index is 0.220. The number of carbonyl (C=O) groups is 1. The Morgan fingerprint density at radius 3 is 2.50 bits per heavy atom. The Hall–Kier alpha value is -2.54. The third-order valence-corrected chi connectivity index (χ3v) is 5.01. The summed E-state index contributed by atoms with van der Waals surface area (Å²) in [5.41, 5.74) is 8.29. The Kier molecular flexibility index (Phi) is 7.03. The number of amides is 1. The van der Waals surface area contributed by atoms with E-state index in [1.807, 2.05) is 30.3 Å². The summed E-state index contributed by atoms with van der Waals surface area (Å²) in [6, 6.07) is 14.4. The van der Waals surface area contributed by atoms with Crippen LogP contribution in [0.25, 0.3) is 0 Å². The number of benzene rings is 2. The summed E-state index contributed by atoms with van der Waals surface area (Å²) in [6.45, 7) is 0.755. The number of hydrogen-bond donors (Lipinski definition) is 2. The van der Waals surface area contributed by atoms with Crippen LogP contribution in [0.5, 0.6) is 0 Å². The molecule has 0 saturated heterocycles. The Bertz CT molecular complexity index is 836. The number of nitrogens with two attached hydrogens (primary N) is 1. The highest BCUT2D eigenvalue weighted by Crippen LogP contribution is 2.19. The zero-order chi connectivity index (χ0) is 19.0. The van der Waals surface area contributed by atoms with Crippen molar-refractivity contribution in [2.24, 2.45) is 0 Å². The number of rotatable bonds is 8. The molecule has 140 valence electrons. The molecule has 0 unspecified atom stereocenters. The monoisotopic (exact) mass is 376 g/mol. The molecule has 6 nitrogen and oxygen atoms in total. The zero-order valence-corrected chi connectivity index (χ0v) is 15.6. The van der Waals surface area contributed by atoms with Crippen molar-refractivity contribution in [3.05, 3.63) is 59.7 Å². The minimum Gasteiger partial charge on any atom is -0.450 e. The normalized spacial score (nSPS) is 11.1. The molecule has 0 heterocycles. The number of unbranched alkanes of at least 4 members (excludes halogenated alkanes) is 1. The molecular formula is C19H24N2O4S. The van der Waals surface area contributed by atoms with Crippen molar-refractivity contribution in [3.63, 3.8) is 0 Å². The predicted octanol–water partition coefficient (Wildman–Crippen LogP) is 2.92. The molecule has 0 atom stereocenters. The molecular weight excluding hydrogens is 352 g/mol. The molecule has 1 amide bonds. The zero-order valence-electron chi connectivity index (χ0n) is 14.8. The van der Waals surface area contributed by atoms with Crippen molar-refractivity contribution >= 4 is 21.6 Å². The van der Waals surface area contributed by atoms with Crippen LogP contribution in [0.4, 0.5) is 10.5 Å². The largest absolute Gasteiger partial charge is 0.450 e. The number of alkyl carbamates (subject to hydrolysis) is 1. The van der Waals surface area contributed by atoms with E-state index in [2.05, 4.69) is 5.32 Å². The quantitative estimate of drug-likeness (QED) is 0.545. The first-order valence-electron chi connectivity index (χ1n) is 8.39. The number of sulfone groups is 1. The van der Waals surface area contributed by atoms with E-state index in [4.69, 9.17) is 10.5 Å². The fourth-order valence-electron chi connectivity index (χ4n) is 2.43. The number of nitrogen functional groups attached to an aromatic ring is 1. The van der Waals surface area contributed by atoms with Gasteiger partial charge >= 0.3 is 6.09 Å². The van der Waals surface area contributed by atoms with E-state index in [0.29, 0.717) is 31.7 Å². The lowest BCUT2D eigenvalue weighted by Crippen LogP contribution is -2.24. The van der Waals surface area contributed by atoms with Gasteiger partial charge in [-0.2, -0.15) is 0 Å². The number of nitrogens with one attached hydrogen (secondary N) is 1. The average Bonchev–Trinajstić information content (AvgIpc) is 2.61. The van der Waals surface area contributed by atoms with Crippen molar-refractivity contribution in [3.8, 4) is 0 Å². The van der Waals surface area contributed by atoms with Crippen LogP contribution < -0.4 is 11.1 Å². The Balaban J connectivity index is 1.66. The van der Waals surface area contributed by atoms with Crippen molar-refractivity contribution in [1.29, 1.82) is 0 Å². The summed E-state index contributed by atoms with van der Waals surface area (Å²) in [5.74, 6) is 0. The van der Waals surface area contributed by atoms with Crippen LogP contribution in [0.1, 0.15) is 24.0 Å². The molecule has 0 aliphatic heterocycles. The lowest BCUT2D eigenvalue weighted by Gasteiger charge is -2.09. The van der Waals surface area contributed by atoms with Crippen LogP contribution in [0.2, 0.25) is 0 Å². The highest BCUT2D eigenvalue weighted by atomic mass is 32.2. The van der Waals surface area contributed by atoms with Gasteiger partial charge in [0.2, 0.25) is 0 Å². The van der Waals surface area contributed by atoms with Gasteiger partial charge in [-0.15, -0.1) is 0 Å². The number of anilines is 1. The number of ether oxygens (including phenoxy) is 1. The Labute approximate surface area is 154 Å². The topological polar surface area (TPSA) is 98.5 Å². The third kappa shape index (κ3) is 6.40. The van der Waals surface area contributed by atoms with Crippen molar-refractivity contribution in [1.82, 2.24) is 5.32 Å². The van der Waals surface area contributed by atoms with Gasteiger partial charge in [0.25, 0.3) is 0 Å².